The van der Waals surface area contributed by atoms with E-state index >= 15 is 0 Å². The Bertz CT molecular complexity index is 1050. The van der Waals surface area contributed by atoms with Gasteiger partial charge in [-0.3, -0.25) is 9.59 Å². The number of esters is 1. The number of aromatic nitrogens is 1. The monoisotopic (exact) mass is 375 g/mol. The molecule has 0 spiro atoms. The molecule has 1 heterocycles. The number of ketones is 2. The predicted octanol–water partition coefficient (Wildman–Crippen LogP) is 3.91. The van der Waals surface area contributed by atoms with Crippen LogP contribution in [0.25, 0.3) is 0 Å². The van der Waals surface area contributed by atoms with Crippen molar-refractivity contribution < 1.29 is 19.1 Å². The molecule has 0 atom stereocenters. The van der Waals surface area contributed by atoms with Crippen LogP contribution in [0.5, 0.6) is 0 Å². The maximum atomic E-state index is 12.7. The van der Waals surface area contributed by atoms with Gasteiger partial charge in [-0.15, -0.1) is 0 Å². The molecule has 0 unspecified atom stereocenters. The molecule has 0 aliphatic heterocycles. The summed E-state index contributed by atoms with van der Waals surface area (Å²) in [5.41, 5.74) is 3.17. The predicted molar refractivity (Wildman–Crippen MR) is 106 cm³/mol. The lowest BCUT2D eigenvalue weighted by atomic mass is 9.98. The molecule has 5 nitrogen and oxygen atoms in total. The van der Waals surface area contributed by atoms with Gasteiger partial charge < -0.3 is 9.30 Å². The number of hydrogen-bond acceptors (Lipinski definition) is 4. The average Bonchev–Trinajstić information content (AvgIpc) is 2.99. The first-order chi connectivity index (χ1) is 13.4. The van der Waals surface area contributed by atoms with Gasteiger partial charge in [0.1, 0.15) is 0 Å². The summed E-state index contributed by atoms with van der Waals surface area (Å²) in [6.45, 7) is 3.37. The Morgan fingerprint density at radius 1 is 0.857 bits per heavy atom. The zero-order chi connectivity index (χ0) is 20.3. The molecular formula is C23H21NO4. The molecule has 3 rings (SSSR count). The summed E-state index contributed by atoms with van der Waals surface area (Å²) in [7, 11) is 1.87. The first-order valence-electron chi connectivity index (χ1n) is 8.92. The van der Waals surface area contributed by atoms with E-state index in [1.165, 1.54) is 6.07 Å². The van der Waals surface area contributed by atoms with E-state index in [1.807, 2.05) is 31.5 Å². The quantitative estimate of drug-likeness (QED) is 0.484. The molecule has 1 aromatic heterocycles. The fourth-order valence-electron chi connectivity index (χ4n) is 3.03. The summed E-state index contributed by atoms with van der Waals surface area (Å²) in [6, 6.07) is 16.9. The van der Waals surface area contributed by atoms with Crippen molar-refractivity contribution in [3.63, 3.8) is 0 Å². The molecule has 0 amide bonds. The molecule has 0 saturated heterocycles. The van der Waals surface area contributed by atoms with Crippen molar-refractivity contribution >= 4 is 17.5 Å². The van der Waals surface area contributed by atoms with E-state index in [1.54, 1.807) is 48.5 Å². The van der Waals surface area contributed by atoms with Crippen molar-refractivity contribution in [2.45, 2.75) is 13.8 Å². The number of ether oxygens (including phenoxy) is 1. The molecule has 0 aliphatic rings. The Morgan fingerprint density at radius 3 is 2.07 bits per heavy atom. The van der Waals surface area contributed by atoms with E-state index < -0.39 is 5.97 Å². The summed E-state index contributed by atoms with van der Waals surface area (Å²) in [5, 5.41) is 0. The fourth-order valence-corrected chi connectivity index (χ4v) is 3.03. The number of aryl methyl sites for hydroxylation is 1. The number of carbonyl (C=O) groups excluding carboxylic acids is 3. The average molecular weight is 375 g/mol. The Labute approximate surface area is 163 Å². The van der Waals surface area contributed by atoms with E-state index in [9.17, 15) is 14.4 Å². The molecular weight excluding hydrogens is 354 g/mol. The minimum Gasteiger partial charge on any atom is -0.454 e. The van der Waals surface area contributed by atoms with Gasteiger partial charge in [0.25, 0.3) is 0 Å². The molecule has 0 aliphatic carbocycles. The molecule has 3 aromatic rings. The van der Waals surface area contributed by atoms with E-state index in [-0.39, 0.29) is 29.3 Å². The molecule has 0 saturated carbocycles. The van der Waals surface area contributed by atoms with Crippen LogP contribution in [-0.2, 0) is 11.8 Å². The van der Waals surface area contributed by atoms with Gasteiger partial charge >= 0.3 is 5.97 Å². The van der Waals surface area contributed by atoms with Gasteiger partial charge in [0.15, 0.2) is 12.4 Å². The molecule has 0 fully saturated rings. The summed E-state index contributed by atoms with van der Waals surface area (Å²) in [5.74, 6) is -1.24. The van der Waals surface area contributed by atoms with Crippen LogP contribution in [0.15, 0.2) is 60.7 Å². The van der Waals surface area contributed by atoms with Gasteiger partial charge in [-0.1, -0.05) is 48.5 Å². The smallest absolute Gasteiger partial charge is 0.339 e. The summed E-state index contributed by atoms with van der Waals surface area (Å²) in [4.78, 5) is 37.8. The van der Waals surface area contributed by atoms with E-state index in [4.69, 9.17) is 4.74 Å². The van der Waals surface area contributed by atoms with Crippen LogP contribution >= 0.6 is 0 Å². The topological polar surface area (TPSA) is 65.4 Å². The normalized spacial score (nSPS) is 10.5. The van der Waals surface area contributed by atoms with E-state index in [0.29, 0.717) is 11.1 Å². The maximum Gasteiger partial charge on any atom is 0.339 e. The highest BCUT2D eigenvalue weighted by Gasteiger charge is 2.21. The Hall–Kier alpha value is -3.47. The molecule has 28 heavy (non-hydrogen) atoms. The van der Waals surface area contributed by atoms with Gasteiger partial charge in [0.2, 0.25) is 5.78 Å². The second-order valence-electron chi connectivity index (χ2n) is 6.58. The number of rotatable bonds is 6. The lowest BCUT2D eigenvalue weighted by Crippen LogP contribution is -2.17. The van der Waals surface area contributed by atoms with Crippen molar-refractivity contribution in [3.8, 4) is 0 Å². The molecule has 0 radical (unpaired) electrons. The standard InChI is InChI=1S/C23H21NO4/c1-15-13-20(16(2)24(15)3)21(25)14-28-23(27)19-12-8-7-11-18(19)22(26)17-9-5-4-6-10-17/h4-13H,14H2,1-3H3. The second-order valence-corrected chi connectivity index (χ2v) is 6.58. The van der Waals surface area contributed by atoms with Crippen LogP contribution < -0.4 is 0 Å². The van der Waals surface area contributed by atoms with E-state index in [2.05, 4.69) is 0 Å². The first kappa shape index (κ1) is 19.3. The van der Waals surface area contributed by atoms with Crippen molar-refractivity contribution in [2.75, 3.05) is 6.61 Å². The SMILES string of the molecule is Cc1cc(C(=O)COC(=O)c2ccccc2C(=O)c2ccccc2)c(C)n1C. The van der Waals surface area contributed by atoms with Gasteiger partial charge in [0.05, 0.1) is 5.56 Å². The van der Waals surface area contributed by atoms with Crippen molar-refractivity contribution in [2.24, 2.45) is 7.05 Å². The van der Waals surface area contributed by atoms with Crippen molar-refractivity contribution in [1.82, 2.24) is 4.57 Å². The van der Waals surface area contributed by atoms with Crippen molar-refractivity contribution in [1.29, 1.82) is 0 Å². The van der Waals surface area contributed by atoms with E-state index in [0.717, 1.165) is 11.4 Å². The van der Waals surface area contributed by atoms with Crippen LogP contribution in [0.3, 0.4) is 0 Å². The minimum atomic E-state index is -0.696. The number of carbonyl (C=O) groups is 3. The third kappa shape index (κ3) is 3.78. The van der Waals surface area contributed by atoms with Crippen LogP contribution in [0, 0.1) is 13.8 Å². The number of hydrogen-bond donors (Lipinski definition) is 0. The van der Waals surface area contributed by atoms with Crippen LogP contribution in [-0.4, -0.2) is 28.7 Å². The molecule has 142 valence electrons. The zero-order valence-corrected chi connectivity index (χ0v) is 16.1. The summed E-state index contributed by atoms with van der Waals surface area (Å²) in [6.07, 6.45) is 0. The number of nitrogens with zero attached hydrogens (tertiary/aromatic N) is 1. The molecule has 0 bridgehead atoms. The zero-order valence-electron chi connectivity index (χ0n) is 16.1. The Morgan fingerprint density at radius 2 is 1.46 bits per heavy atom. The van der Waals surface area contributed by atoms with Crippen LogP contribution in [0.1, 0.15) is 48.0 Å². The Kier molecular flexibility index (Phi) is 5.54. The van der Waals surface area contributed by atoms with Crippen molar-refractivity contribution in [3.05, 3.63) is 94.3 Å². The maximum absolute atomic E-state index is 12.7. The lowest BCUT2D eigenvalue weighted by molar-refractivity contribution is 0.0472. The second kappa shape index (κ2) is 8.05. The third-order valence-electron chi connectivity index (χ3n) is 4.84. The third-order valence-corrected chi connectivity index (χ3v) is 4.84. The number of Topliss-reactive ketones (excluding diaryl/α,β-unsaturated/α-hetero) is 1. The lowest BCUT2D eigenvalue weighted by Gasteiger charge is -2.09. The molecule has 2 aromatic carbocycles. The fraction of sp³-hybridized carbons (Fsp3) is 0.174. The Balaban J connectivity index is 1.77. The minimum absolute atomic E-state index is 0.144. The highest BCUT2D eigenvalue weighted by Crippen LogP contribution is 2.17. The highest BCUT2D eigenvalue weighted by molar-refractivity contribution is 6.14. The van der Waals surface area contributed by atoms with Crippen LogP contribution in [0.2, 0.25) is 0 Å². The summed E-state index contributed by atoms with van der Waals surface area (Å²) < 4.78 is 7.13. The highest BCUT2D eigenvalue weighted by atomic mass is 16.5. The first-order valence-corrected chi connectivity index (χ1v) is 8.92. The molecule has 0 N–H and O–H groups in total. The largest absolute Gasteiger partial charge is 0.454 e. The number of benzene rings is 2. The molecule has 5 heteroatoms. The van der Waals surface area contributed by atoms with Crippen LogP contribution in [0.4, 0.5) is 0 Å². The summed E-state index contributed by atoms with van der Waals surface area (Å²) >= 11 is 0. The van der Waals surface area contributed by atoms with Gasteiger partial charge in [-0.05, 0) is 26.0 Å². The van der Waals surface area contributed by atoms with Gasteiger partial charge in [-0.25, -0.2) is 4.79 Å². The van der Waals surface area contributed by atoms with Gasteiger partial charge in [-0.2, -0.15) is 0 Å². The van der Waals surface area contributed by atoms with Gasteiger partial charge in [0, 0.05) is 35.1 Å².